The first-order valence-corrected chi connectivity index (χ1v) is 14.9. The molecule has 0 fully saturated rings. The molecule has 5 rings (SSSR count). The van der Waals surface area contributed by atoms with Crippen LogP contribution in [-0.4, -0.2) is 50.0 Å². The number of aromatic nitrogens is 2. The van der Waals surface area contributed by atoms with E-state index in [2.05, 4.69) is 31.2 Å². The number of halogens is 3. The molecular formula is C25H21BrF2N6O4S2. The summed E-state index contributed by atoms with van der Waals surface area (Å²) in [7, 11) is -2.92. The third kappa shape index (κ3) is 5.90. The third-order valence-corrected chi connectivity index (χ3v) is 8.86. The van der Waals surface area contributed by atoms with E-state index >= 15 is 0 Å². The zero-order chi connectivity index (χ0) is 28.6. The summed E-state index contributed by atoms with van der Waals surface area (Å²) in [6.07, 6.45) is 1.52. The number of amides is 3. The Balaban J connectivity index is 1.38. The maximum Gasteiger partial charge on any atom is 0.330 e. The molecule has 0 aliphatic carbocycles. The van der Waals surface area contributed by atoms with Crippen molar-refractivity contribution in [3.63, 3.8) is 0 Å². The number of urea groups is 1. The Morgan fingerprint density at radius 3 is 2.65 bits per heavy atom. The van der Waals surface area contributed by atoms with Crippen molar-refractivity contribution in [1.29, 1.82) is 0 Å². The number of fused-ring (bicyclic) bond motifs is 2. The van der Waals surface area contributed by atoms with Crippen LogP contribution >= 0.6 is 27.3 Å². The Kier molecular flexibility index (Phi) is 7.70. The molecule has 0 saturated carbocycles. The van der Waals surface area contributed by atoms with Crippen molar-refractivity contribution in [3.8, 4) is 0 Å². The fraction of sp³-hybridized carbons (Fsp3) is 0.200. The van der Waals surface area contributed by atoms with Crippen LogP contribution in [0, 0.1) is 11.6 Å². The van der Waals surface area contributed by atoms with E-state index in [4.69, 9.17) is 0 Å². The van der Waals surface area contributed by atoms with Crippen LogP contribution in [0.1, 0.15) is 11.1 Å². The van der Waals surface area contributed by atoms with Gasteiger partial charge >= 0.3 is 16.2 Å². The highest BCUT2D eigenvalue weighted by Gasteiger charge is 2.34. The topological polar surface area (TPSA) is 125 Å². The molecule has 0 saturated heterocycles. The molecular weight excluding hydrogens is 630 g/mol. The minimum Gasteiger partial charge on any atom is -0.325 e. The third-order valence-electron chi connectivity index (χ3n) is 6.24. The molecule has 4 aromatic rings. The lowest BCUT2D eigenvalue weighted by molar-refractivity contribution is -0.120. The van der Waals surface area contributed by atoms with E-state index in [1.54, 1.807) is 29.8 Å². The van der Waals surface area contributed by atoms with Crippen LogP contribution in [0.5, 0.6) is 0 Å². The van der Waals surface area contributed by atoms with Gasteiger partial charge in [0.05, 0.1) is 15.7 Å². The summed E-state index contributed by atoms with van der Waals surface area (Å²) in [5.41, 5.74) is 3.55. The Morgan fingerprint density at radius 2 is 1.90 bits per heavy atom. The summed E-state index contributed by atoms with van der Waals surface area (Å²) in [5.74, 6) is -2.18. The number of nitrogens with one attached hydrogen (secondary N) is 2. The van der Waals surface area contributed by atoms with Gasteiger partial charge in [-0.25, -0.2) is 32.6 Å². The van der Waals surface area contributed by atoms with Gasteiger partial charge in [-0.1, -0.05) is 0 Å². The molecule has 40 heavy (non-hydrogen) atoms. The summed E-state index contributed by atoms with van der Waals surface area (Å²) in [5, 5.41) is 2.37. The van der Waals surface area contributed by atoms with Crippen molar-refractivity contribution in [2.45, 2.75) is 18.9 Å². The SMILES string of the molecule is CN(C(=O)[C@H](Cc1cc(F)cc(F)c1)NC(=O)NS(=O)(=O)N1CCc2cc(Br)cnc21)c1ccc2scnc2c1. The van der Waals surface area contributed by atoms with Crippen molar-refractivity contribution in [1.82, 2.24) is 20.0 Å². The monoisotopic (exact) mass is 650 g/mol. The van der Waals surface area contributed by atoms with Crippen molar-refractivity contribution >= 4 is 71.1 Å². The summed E-state index contributed by atoms with van der Waals surface area (Å²) < 4.78 is 58.3. The van der Waals surface area contributed by atoms with Gasteiger partial charge in [0.2, 0.25) is 5.91 Å². The number of nitrogens with zero attached hydrogens (tertiary/aromatic N) is 4. The number of thiazole rings is 1. The van der Waals surface area contributed by atoms with Crippen LogP contribution < -0.4 is 19.2 Å². The fourth-order valence-electron chi connectivity index (χ4n) is 4.38. The van der Waals surface area contributed by atoms with Gasteiger partial charge in [0.25, 0.3) is 0 Å². The Labute approximate surface area is 240 Å². The van der Waals surface area contributed by atoms with Gasteiger partial charge in [0, 0.05) is 42.4 Å². The quantitative estimate of drug-likeness (QED) is 0.313. The van der Waals surface area contributed by atoms with Crippen LogP contribution in [0.15, 0.2) is 58.6 Å². The van der Waals surface area contributed by atoms with Crippen LogP contribution in [0.3, 0.4) is 0 Å². The number of pyridine rings is 1. The smallest absolute Gasteiger partial charge is 0.325 e. The molecule has 1 atom stereocenters. The zero-order valence-corrected chi connectivity index (χ0v) is 24.0. The molecule has 0 spiro atoms. The molecule has 0 radical (unpaired) electrons. The van der Waals surface area contributed by atoms with Gasteiger partial charge in [-0.15, -0.1) is 11.3 Å². The second-order valence-electron chi connectivity index (χ2n) is 8.98. The molecule has 0 bridgehead atoms. The summed E-state index contributed by atoms with van der Waals surface area (Å²) >= 11 is 4.72. The van der Waals surface area contributed by atoms with Gasteiger partial charge in [-0.05, 0) is 69.9 Å². The van der Waals surface area contributed by atoms with Gasteiger partial charge in [-0.3, -0.25) is 4.79 Å². The van der Waals surface area contributed by atoms with Gasteiger partial charge in [0.15, 0.2) is 0 Å². The predicted octanol–water partition coefficient (Wildman–Crippen LogP) is 3.91. The highest BCUT2D eigenvalue weighted by molar-refractivity contribution is 9.10. The van der Waals surface area contributed by atoms with Crippen LogP contribution in [0.2, 0.25) is 0 Å². The van der Waals surface area contributed by atoms with Crippen LogP contribution in [0.4, 0.5) is 25.1 Å². The van der Waals surface area contributed by atoms with E-state index in [9.17, 15) is 26.8 Å². The molecule has 15 heteroatoms. The van der Waals surface area contributed by atoms with Crippen molar-refractivity contribution in [3.05, 3.63) is 81.4 Å². The van der Waals surface area contributed by atoms with Crippen LogP contribution in [-0.2, 0) is 27.8 Å². The molecule has 1 aliphatic heterocycles. The van der Waals surface area contributed by atoms with Crippen molar-refractivity contribution < 1.29 is 26.8 Å². The van der Waals surface area contributed by atoms with Gasteiger partial charge in [0.1, 0.15) is 23.5 Å². The lowest BCUT2D eigenvalue weighted by atomic mass is 10.0. The molecule has 2 N–H and O–H groups in total. The van der Waals surface area contributed by atoms with Crippen LogP contribution in [0.25, 0.3) is 10.2 Å². The second-order valence-corrected chi connectivity index (χ2v) is 12.4. The first kappa shape index (κ1) is 27.9. The molecule has 3 heterocycles. The van der Waals surface area contributed by atoms with Crippen molar-refractivity contribution in [2.75, 3.05) is 22.8 Å². The highest BCUT2D eigenvalue weighted by atomic mass is 79.9. The fourth-order valence-corrected chi connectivity index (χ4v) is 6.55. The Morgan fingerprint density at radius 1 is 1.15 bits per heavy atom. The molecule has 1 aliphatic rings. The average Bonchev–Trinajstić information content (AvgIpc) is 3.53. The Bertz CT molecular complexity index is 1720. The second kappa shape index (κ2) is 11.1. The number of anilines is 2. The first-order valence-electron chi connectivity index (χ1n) is 11.8. The number of likely N-dealkylation sites (N-methyl/N-ethyl adjacent to an activating group) is 1. The molecule has 10 nitrogen and oxygen atoms in total. The van der Waals surface area contributed by atoms with Gasteiger partial charge in [-0.2, -0.15) is 8.42 Å². The predicted molar refractivity (Wildman–Crippen MR) is 150 cm³/mol. The lowest BCUT2D eigenvalue weighted by Crippen LogP contribution is -2.54. The first-order chi connectivity index (χ1) is 19.0. The van der Waals surface area contributed by atoms with Crippen molar-refractivity contribution in [2.24, 2.45) is 0 Å². The Hall–Kier alpha value is -3.69. The summed E-state index contributed by atoms with van der Waals surface area (Å²) in [4.78, 5) is 36.1. The zero-order valence-electron chi connectivity index (χ0n) is 20.8. The number of hydrogen-bond acceptors (Lipinski definition) is 7. The van der Waals surface area contributed by atoms with E-state index < -0.39 is 39.8 Å². The van der Waals surface area contributed by atoms with Gasteiger partial charge < -0.3 is 10.2 Å². The molecule has 2 aromatic carbocycles. The summed E-state index contributed by atoms with van der Waals surface area (Å²) in [6.45, 7) is 0.0637. The molecule has 3 amide bonds. The largest absolute Gasteiger partial charge is 0.330 e. The summed E-state index contributed by atoms with van der Waals surface area (Å²) in [6, 6.07) is 7.08. The van der Waals surface area contributed by atoms with E-state index in [-0.39, 0.29) is 24.3 Å². The number of hydrogen-bond donors (Lipinski definition) is 2. The highest BCUT2D eigenvalue weighted by Crippen LogP contribution is 2.29. The maximum absolute atomic E-state index is 13.9. The normalized spacial score (nSPS) is 13.7. The lowest BCUT2D eigenvalue weighted by Gasteiger charge is -2.26. The number of carbonyl (C=O) groups is 2. The number of carbonyl (C=O) groups excluding carboxylic acids is 2. The van der Waals surface area contributed by atoms with E-state index in [0.717, 1.165) is 21.1 Å². The molecule has 0 unspecified atom stereocenters. The standard InChI is InChI=1S/C25H21BrF2N6O4S2/c1-33(19-2-3-22-20(11-19)30-13-39-22)24(35)21(8-14-6-17(27)10-18(28)7-14)31-25(36)32-40(37,38)34-5-4-15-9-16(26)12-29-23(15)34/h2-3,6-7,9-13,21H,4-5,8H2,1H3,(H2,31,32,36)/t21-/m0/s1. The van der Waals surface area contributed by atoms with E-state index in [1.165, 1.54) is 29.5 Å². The van der Waals surface area contributed by atoms with E-state index in [0.29, 0.717) is 33.7 Å². The number of rotatable bonds is 7. The number of benzene rings is 2. The van der Waals surface area contributed by atoms with E-state index in [1.807, 2.05) is 4.72 Å². The minimum absolute atomic E-state index is 0.0637. The average molecular weight is 652 g/mol. The molecule has 208 valence electrons. The maximum atomic E-state index is 13.9. The molecule has 2 aromatic heterocycles. The minimum atomic E-state index is -4.39.